The van der Waals surface area contributed by atoms with E-state index in [4.69, 9.17) is 19.5 Å². The van der Waals surface area contributed by atoms with Crippen molar-refractivity contribution < 1.29 is 27.4 Å². The van der Waals surface area contributed by atoms with Gasteiger partial charge in [-0.1, -0.05) is 0 Å². The number of ether oxygens (including phenoxy) is 3. The van der Waals surface area contributed by atoms with Crippen LogP contribution in [-0.2, 0) is 19.4 Å². The van der Waals surface area contributed by atoms with Crippen LogP contribution in [0.15, 0.2) is 36.4 Å². The van der Waals surface area contributed by atoms with Crippen molar-refractivity contribution in [3.8, 4) is 17.6 Å². The lowest BCUT2D eigenvalue weighted by molar-refractivity contribution is -0.141. The fraction of sp³-hybridized carbons (Fsp3) is 0.364. The number of nitriles is 1. The van der Waals surface area contributed by atoms with Gasteiger partial charge in [-0.15, -0.1) is 0 Å². The summed E-state index contributed by atoms with van der Waals surface area (Å²) in [7, 11) is -2.09. The summed E-state index contributed by atoms with van der Waals surface area (Å²) in [6.45, 7) is 4.37. The fourth-order valence-corrected chi connectivity index (χ4v) is 3.32. The molecule has 10 heteroatoms. The van der Waals surface area contributed by atoms with Gasteiger partial charge in [0.2, 0.25) is 0 Å². The molecule has 0 amide bonds. The van der Waals surface area contributed by atoms with Crippen molar-refractivity contribution in [1.82, 2.24) is 0 Å². The van der Waals surface area contributed by atoms with Crippen LogP contribution in [0.1, 0.15) is 31.0 Å². The predicted octanol–water partition coefficient (Wildman–Crippen LogP) is 3.10. The molecule has 32 heavy (non-hydrogen) atoms. The lowest BCUT2D eigenvalue weighted by Crippen LogP contribution is -2.24. The van der Waals surface area contributed by atoms with Gasteiger partial charge >= 0.3 is 5.97 Å². The molecule has 0 aliphatic rings. The van der Waals surface area contributed by atoms with E-state index < -0.39 is 21.8 Å². The van der Waals surface area contributed by atoms with E-state index >= 15 is 0 Å². The summed E-state index contributed by atoms with van der Waals surface area (Å²) in [6.07, 6.45) is 1.10. The Morgan fingerprint density at radius 3 is 2.19 bits per heavy atom. The van der Waals surface area contributed by atoms with Gasteiger partial charge in [0.15, 0.2) is 27.4 Å². The highest BCUT2D eigenvalue weighted by Gasteiger charge is 2.27. The average Bonchev–Trinajstić information content (AvgIpc) is 2.77. The highest BCUT2D eigenvalue weighted by Crippen LogP contribution is 2.38. The molecule has 0 spiro atoms. The molecular weight excluding hydrogens is 434 g/mol. The molecule has 2 aromatic rings. The van der Waals surface area contributed by atoms with Crippen molar-refractivity contribution >= 4 is 27.2 Å². The zero-order chi connectivity index (χ0) is 23.7. The molecule has 2 rings (SSSR count). The zero-order valence-electron chi connectivity index (χ0n) is 18.5. The Morgan fingerprint density at radius 1 is 1.09 bits per heavy atom. The third-order valence-corrected chi connectivity index (χ3v) is 4.98. The summed E-state index contributed by atoms with van der Waals surface area (Å²) < 4.78 is 39.8. The largest absolute Gasteiger partial charge is 0.490 e. The number of benzene rings is 2. The second-order valence-electron chi connectivity index (χ2n) is 6.79. The van der Waals surface area contributed by atoms with E-state index in [1.807, 2.05) is 19.9 Å². The summed E-state index contributed by atoms with van der Waals surface area (Å²) in [5, 5.41) is 15.0. The minimum absolute atomic E-state index is 0.343. The first kappa shape index (κ1) is 24.8. The Kier molecular flexibility index (Phi) is 8.72. The molecule has 0 aliphatic heterocycles. The Morgan fingerprint density at radius 2 is 1.69 bits per heavy atom. The maximum Gasteiger partial charge on any atom is 0.333 e. The molecule has 0 saturated heterocycles. The van der Waals surface area contributed by atoms with Crippen LogP contribution in [0.3, 0.4) is 0 Å². The number of sulfone groups is 1. The number of hydrogen-bond acceptors (Lipinski definition) is 9. The molecule has 1 atom stereocenters. The topological polar surface area (TPSA) is 127 Å². The molecule has 0 aliphatic carbocycles. The van der Waals surface area contributed by atoms with Crippen molar-refractivity contribution in [2.75, 3.05) is 43.1 Å². The first-order valence-corrected chi connectivity index (χ1v) is 12.0. The van der Waals surface area contributed by atoms with Crippen molar-refractivity contribution in [2.45, 2.75) is 19.9 Å². The number of nitrogens with one attached hydrogen (secondary N) is 2. The quantitative estimate of drug-likeness (QED) is 0.485. The van der Waals surface area contributed by atoms with Gasteiger partial charge in [-0.3, -0.25) is 0 Å². The molecule has 0 saturated carbocycles. The number of anilines is 2. The second kappa shape index (κ2) is 11.2. The van der Waals surface area contributed by atoms with Crippen LogP contribution in [-0.4, -0.2) is 46.8 Å². The van der Waals surface area contributed by atoms with Gasteiger partial charge in [-0.05, 0) is 44.2 Å². The van der Waals surface area contributed by atoms with E-state index in [1.54, 1.807) is 36.4 Å². The van der Waals surface area contributed by atoms with Gasteiger partial charge in [0.25, 0.3) is 0 Å². The first-order valence-electron chi connectivity index (χ1n) is 9.92. The van der Waals surface area contributed by atoms with Crippen molar-refractivity contribution in [3.63, 3.8) is 0 Å². The predicted molar refractivity (Wildman–Crippen MR) is 122 cm³/mol. The second-order valence-corrected chi connectivity index (χ2v) is 8.93. The summed E-state index contributed by atoms with van der Waals surface area (Å²) in [5.41, 5.74) is 1.83. The number of hydrogen-bond donors (Lipinski definition) is 2. The Labute approximate surface area is 188 Å². The number of methoxy groups -OCH3 is 1. The van der Waals surface area contributed by atoms with E-state index in [2.05, 4.69) is 10.6 Å². The SMILES string of the molecule is CCOc1cc(NCS(C)(=O)=O)c(C(Nc2ccc(C#N)cc2)C(=O)OC)cc1OCC. The van der Waals surface area contributed by atoms with Crippen molar-refractivity contribution in [3.05, 3.63) is 47.5 Å². The molecule has 1 unspecified atom stereocenters. The van der Waals surface area contributed by atoms with E-state index in [9.17, 15) is 13.2 Å². The summed E-state index contributed by atoms with van der Waals surface area (Å²) >= 11 is 0. The molecule has 0 fully saturated rings. The molecule has 0 aromatic heterocycles. The summed E-state index contributed by atoms with van der Waals surface area (Å²) in [6, 6.07) is 10.8. The molecular formula is C22H27N3O6S. The van der Waals surface area contributed by atoms with Gasteiger partial charge < -0.3 is 24.8 Å². The Balaban J connectivity index is 2.59. The van der Waals surface area contributed by atoms with Crippen molar-refractivity contribution in [1.29, 1.82) is 5.26 Å². The third-order valence-electron chi connectivity index (χ3n) is 4.31. The average molecular weight is 462 g/mol. The Hall–Kier alpha value is -3.45. The number of esters is 1. The van der Waals surface area contributed by atoms with Gasteiger partial charge in [-0.2, -0.15) is 5.26 Å². The fourth-order valence-electron chi connectivity index (χ4n) is 2.90. The zero-order valence-corrected chi connectivity index (χ0v) is 19.3. The molecule has 2 aromatic carbocycles. The Bertz CT molecular complexity index is 1080. The van der Waals surface area contributed by atoms with Crippen LogP contribution in [0, 0.1) is 11.3 Å². The highest BCUT2D eigenvalue weighted by molar-refractivity contribution is 7.90. The smallest absolute Gasteiger partial charge is 0.333 e. The monoisotopic (exact) mass is 461 g/mol. The molecule has 0 radical (unpaired) electrons. The summed E-state index contributed by atoms with van der Waals surface area (Å²) in [5.74, 6) is -0.117. The number of carbonyl (C=O) groups is 1. The van der Waals surface area contributed by atoms with Gasteiger partial charge in [0.1, 0.15) is 5.88 Å². The minimum Gasteiger partial charge on any atom is -0.490 e. The third kappa shape index (κ3) is 6.78. The van der Waals surface area contributed by atoms with Gasteiger partial charge in [-0.25, -0.2) is 13.2 Å². The van der Waals surface area contributed by atoms with E-state index in [0.29, 0.717) is 47.2 Å². The van der Waals surface area contributed by atoms with E-state index in [-0.39, 0.29) is 5.88 Å². The maximum atomic E-state index is 12.7. The van der Waals surface area contributed by atoms with Crippen LogP contribution < -0.4 is 20.1 Å². The number of carbonyl (C=O) groups excluding carboxylic acids is 1. The highest BCUT2D eigenvalue weighted by atomic mass is 32.2. The molecule has 0 bridgehead atoms. The van der Waals surface area contributed by atoms with Crippen LogP contribution >= 0.6 is 0 Å². The maximum absolute atomic E-state index is 12.7. The van der Waals surface area contributed by atoms with Crippen molar-refractivity contribution in [2.24, 2.45) is 0 Å². The molecule has 9 nitrogen and oxygen atoms in total. The number of rotatable bonds is 11. The lowest BCUT2D eigenvalue weighted by Gasteiger charge is -2.23. The van der Waals surface area contributed by atoms with Crippen LogP contribution in [0.25, 0.3) is 0 Å². The standard InChI is InChI=1S/C22H27N3O6S/c1-5-30-19-11-17(18(12-20(19)31-6-2)24-14-32(4,27)28)21(22(26)29-3)25-16-9-7-15(13-23)8-10-16/h7-12,21,24-25H,5-6,14H2,1-4H3. The van der Waals surface area contributed by atoms with E-state index in [0.717, 1.165) is 6.26 Å². The molecule has 2 N–H and O–H groups in total. The van der Waals surface area contributed by atoms with Crippen LogP contribution in [0.5, 0.6) is 11.5 Å². The molecule has 0 heterocycles. The van der Waals surface area contributed by atoms with E-state index in [1.165, 1.54) is 7.11 Å². The lowest BCUT2D eigenvalue weighted by atomic mass is 10.0. The normalized spacial score (nSPS) is 11.7. The number of nitrogens with zero attached hydrogens (tertiary/aromatic N) is 1. The summed E-state index contributed by atoms with van der Waals surface area (Å²) in [4.78, 5) is 12.7. The van der Waals surface area contributed by atoms with Gasteiger partial charge in [0, 0.05) is 29.3 Å². The van der Waals surface area contributed by atoms with Crippen LogP contribution in [0.2, 0.25) is 0 Å². The first-order chi connectivity index (χ1) is 15.2. The molecule has 172 valence electrons. The van der Waals surface area contributed by atoms with Crippen LogP contribution in [0.4, 0.5) is 11.4 Å². The van der Waals surface area contributed by atoms with Gasteiger partial charge in [0.05, 0.1) is 32.0 Å². The minimum atomic E-state index is -3.35.